The number of aliphatic hydroxyl groups excluding tert-OH is 1. The summed E-state index contributed by atoms with van der Waals surface area (Å²) in [5, 5.41) is 21.7. The molecule has 0 aliphatic carbocycles. The van der Waals surface area contributed by atoms with E-state index < -0.39 is 18.1 Å². The maximum absolute atomic E-state index is 12.1. The monoisotopic (exact) mass is 464 g/mol. The number of halogens is 1. The molecule has 0 spiro atoms. The molecule has 0 saturated heterocycles. The van der Waals surface area contributed by atoms with Crippen LogP contribution in [0.3, 0.4) is 0 Å². The fourth-order valence-corrected chi connectivity index (χ4v) is 3.61. The molecule has 3 rings (SSSR count). The number of aryl methyl sites for hydroxylation is 2. The van der Waals surface area contributed by atoms with Gasteiger partial charge in [-0.3, -0.25) is 14.9 Å². The van der Waals surface area contributed by atoms with E-state index in [0.717, 1.165) is 28.0 Å². The number of hydrogen-bond acceptors (Lipinski definition) is 6. The molecule has 32 heavy (non-hydrogen) atoms. The van der Waals surface area contributed by atoms with E-state index in [2.05, 4.69) is 5.32 Å². The summed E-state index contributed by atoms with van der Waals surface area (Å²) in [6.45, 7) is 4.58. The lowest BCUT2D eigenvalue weighted by atomic mass is 10.1. The van der Waals surface area contributed by atoms with Gasteiger partial charge in [0.25, 0.3) is 5.56 Å². The molecule has 0 bridgehead atoms. The van der Waals surface area contributed by atoms with Crippen LogP contribution in [0.15, 0.2) is 35.3 Å². The molecule has 0 aliphatic rings. The average Bonchev–Trinajstić information content (AvgIpc) is 3.07. The van der Waals surface area contributed by atoms with Crippen molar-refractivity contribution < 1.29 is 19.7 Å². The topological polar surface area (TPSA) is 119 Å². The van der Waals surface area contributed by atoms with Crippen molar-refractivity contribution in [2.45, 2.75) is 39.1 Å². The van der Waals surface area contributed by atoms with Crippen molar-refractivity contribution in [3.8, 4) is 11.4 Å². The van der Waals surface area contributed by atoms with Gasteiger partial charge in [-0.15, -0.1) is 12.4 Å². The molecule has 3 aromatic rings. The van der Waals surface area contributed by atoms with Crippen LogP contribution in [0.5, 0.6) is 0 Å². The number of nitrogens with zero attached hydrogens (tertiary/aromatic N) is 3. The Labute approximate surface area is 192 Å². The Morgan fingerprint density at radius 1 is 1.31 bits per heavy atom. The highest BCUT2D eigenvalue weighted by atomic mass is 35.5. The van der Waals surface area contributed by atoms with Crippen LogP contribution in [0, 0.1) is 6.92 Å². The minimum atomic E-state index is -1.10. The molecule has 0 radical (unpaired) electrons. The first-order valence-electron chi connectivity index (χ1n) is 10.0. The standard InChI is InChI=1S/C22H28N4O5.ClH/c1-13-9-16(12-25(3)21(13)28)20-24-17-10-15(11-23-19(14(2)27)22(29)30)5-6-18(17)26(20)7-8-31-4;/h5-6,9-10,12,14,19,23,27H,7-8,11H2,1-4H3,(H,29,30);1H/t14-,19+;/m1./s1. The molecule has 0 unspecified atom stereocenters. The second kappa shape index (κ2) is 10.7. The summed E-state index contributed by atoms with van der Waals surface area (Å²) in [6, 6.07) is 6.50. The molecule has 2 heterocycles. The van der Waals surface area contributed by atoms with Crippen molar-refractivity contribution >= 4 is 29.4 Å². The number of benzene rings is 1. The van der Waals surface area contributed by atoms with E-state index in [1.165, 1.54) is 6.92 Å². The van der Waals surface area contributed by atoms with Crippen LogP contribution in [0.1, 0.15) is 18.1 Å². The van der Waals surface area contributed by atoms with Crippen LogP contribution in [0.2, 0.25) is 0 Å². The lowest BCUT2D eigenvalue weighted by Crippen LogP contribution is -2.44. The number of hydrogen-bond donors (Lipinski definition) is 3. The van der Waals surface area contributed by atoms with E-state index in [0.29, 0.717) is 18.7 Å². The summed E-state index contributed by atoms with van der Waals surface area (Å²) in [6.07, 6.45) is 0.747. The third-order valence-electron chi connectivity index (χ3n) is 5.23. The zero-order chi connectivity index (χ0) is 22.7. The summed E-state index contributed by atoms with van der Waals surface area (Å²) in [5.41, 5.74) is 3.91. The average molecular weight is 465 g/mol. The Bertz CT molecular complexity index is 1130. The summed E-state index contributed by atoms with van der Waals surface area (Å²) < 4.78 is 8.85. The van der Waals surface area contributed by atoms with Gasteiger partial charge in [-0.2, -0.15) is 0 Å². The fourth-order valence-electron chi connectivity index (χ4n) is 3.61. The minimum Gasteiger partial charge on any atom is -0.480 e. The van der Waals surface area contributed by atoms with E-state index in [4.69, 9.17) is 9.72 Å². The molecular formula is C22H29ClN4O5. The number of rotatable bonds is 9. The van der Waals surface area contributed by atoms with E-state index in [1.54, 1.807) is 31.8 Å². The molecule has 3 N–H and O–H groups in total. The Morgan fingerprint density at radius 3 is 2.62 bits per heavy atom. The molecule has 10 heteroatoms. The maximum Gasteiger partial charge on any atom is 0.323 e. The highest BCUT2D eigenvalue weighted by molar-refractivity contribution is 5.85. The normalized spacial score (nSPS) is 13.0. The van der Waals surface area contributed by atoms with Gasteiger partial charge in [0, 0.05) is 44.6 Å². The van der Waals surface area contributed by atoms with E-state index in [-0.39, 0.29) is 24.5 Å². The number of aromatic nitrogens is 3. The summed E-state index contributed by atoms with van der Waals surface area (Å²) in [7, 11) is 3.35. The van der Waals surface area contributed by atoms with Crippen molar-refractivity contribution in [3.63, 3.8) is 0 Å². The molecule has 9 nitrogen and oxygen atoms in total. The molecule has 0 fully saturated rings. The molecular weight excluding hydrogens is 436 g/mol. The molecule has 0 saturated carbocycles. The number of ether oxygens (including phenoxy) is 1. The number of pyridine rings is 1. The number of aliphatic carboxylic acids is 1. The molecule has 0 aliphatic heterocycles. The fraction of sp³-hybridized carbons (Fsp3) is 0.409. The lowest BCUT2D eigenvalue weighted by molar-refractivity contribution is -0.142. The second-order valence-electron chi connectivity index (χ2n) is 7.67. The maximum atomic E-state index is 12.1. The van der Waals surface area contributed by atoms with Gasteiger partial charge >= 0.3 is 5.97 Å². The highest BCUT2D eigenvalue weighted by Gasteiger charge is 2.22. The first kappa shape index (κ1) is 25.5. The number of fused-ring (bicyclic) bond motifs is 1. The van der Waals surface area contributed by atoms with E-state index >= 15 is 0 Å². The largest absolute Gasteiger partial charge is 0.480 e. The van der Waals surface area contributed by atoms with E-state index in [1.807, 2.05) is 28.8 Å². The molecule has 2 atom stereocenters. The van der Waals surface area contributed by atoms with Gasteiger partial charge in [-0.05, 0) is 37.6 Å². The Kier molecular flexibility index (Phi) is 8.57. The van der Waals surface area contributed by atoms with Crippen molar-refractivity contribution in [1.29, 1.82) is 0 Å². The first-order chi connectivity index (χ1) is 14.7. The van der Waals surface area contributed by atoms with Crippen molar-refractivity contribution in [3.05, 3.63) is 51.9 Å². The van der Waals surface area contributed by atoms with Crippen LogP contribution < -0.4 is 10.9 Å². The van der Waals surface area contributed by atoms with Crippen molar-refractivity contribution in [2.24, 2.45) is 7.05 Å². The van der Waals surface area contributed by atoms with Crippen LogP contribution in [0.25, 0.3) is 22.4 Å². The van der Waals surface area contributed by atoms with Gasteiger partial charge in [-0.1, -0.05) is 6.07 Å². The quantitative estimate of drug-likeness (QED) is 0.441. The minimum absolute atomic E-state index is 0. The van der Waals surface area contributed by atoms with Gasteiger partial charge < -0.3 is 24.1 Å². The lowest BCUT2D eigenvalue weighted by Gasteiger charge is -2.17. The molecule has 0 amide bonds. The van der Waals surface area contributed by atoms with Gasteiger partial charge in [0.05, 0.1) is 23.7 Å². The zero-order valence-electron chi connectivity index (χ0n) is 18.5. The molecule has 174 valence electrons. The zero-order valence-corrected chi connectivity index (χ0v) is 19.3. The summed E-state index contributed by atoms with van der Waals surface area (Å²) in [5.74, 6) is -0.379. The van der Waals surface area contributed by atoms with Gasteiger partial charge in [0.1, 0.15) is 11.9 Å². The van der Waals surface area contributed by atoms with Gasteiger partial charge in [0.15, 0.2) is 0 Å². The number of carboxylic acid groups (broad SMARTS) is 1. The number of methoxy groups -OCH3 is 1. The number of imidazole rings is 1. The SMILES string of the molecule is COCCn1c(-c2cc(C)c(=O)n(C)c2)nc2cc(CN[C@H](C(=O)O)[C@@H](C)O)ccc21.Cl. The first-order valence-corrected chi connectivity index (χ1v) is 10.0. The molecule has 1 aromatic carbocycles. The van der Waals surface area contributed by atoms with Crippen LogP contribution >= 0.6 is 12.4 Å². The van der Waals surface area contributed by atoms with Crippen molar-refractivity contribution in [2.75, 3.05) is 13.7 Å². The van der Waals surface area contributed by atoms with Gasteiger partial charge in [0.2, 0.25) is 0 Å². The van der Waals surface area contributed by atoms with Crippen LogP contribution in [-0.4, -0.2) is 56.2 Å². The predicted octanol–water partition coefficient (Wildman–Crippen LogP) is 1.70. The van der Waals surface area contributed by atoms with Gasteiger partial charge in [-0.25, -0.2) is 4.98 Å². The number of carboxylic acids is 1. The van der Waals surface area contributed by atoms with Crippen LogP contribution in [-0.2, 0) is 29.7 Å². The van der Waals surface area contributed by atoms with Crippen LogP contribution in [0.4, 0.5) is 0 Å². The van der Waals surface area contributed by atoms with E-state index in [9.17, 15) is 19.8 Å². The predicted molar refractivity (Wildman–Crippen MR) is 124 cm³/mol. The third-order valence-corrected chi connectivity index (χ3v) is 5.23. The summed E-state index contributed by atoms with van der Waals surface area (Å²) >= 11 is 0. The second-order valence-corrected chi connectivity index (χ2v) is 7.67. The van der Waals surface area contributed by atoms with Crippen molar-refractivity contribution in [1.82, 2.24) is 19.4 Å². The third kappa shape index (κ3) is 5.36. The number of aliphatic hydroxyl groups is 1. The highest BCUT2D eigenvalue weighted by Crippen LogP contribution is 2.26. The summed E-state index contributed by atoms with van der Waals surface area (Å²) in [4.78, 5) is 28.2. The Morgan fingerprint density at radius 2 is 2.03 bits per heavy atom. The molecule has 2 aromatic heterocycles. The number of carbonyl (C=O) groups is 1. The Balaban J connectivity index is 0.00000363. The number of nitrogens with one attached hydrogen (secondary N) is 1. The smallest absolute Gasteiger partial charge is 0.323 e. The Hall–Kier alpha value is -2.72.